The fraction of sp³-hybridized carbons (Fsp3) is 0.846. The third-order valence-corrected chi connectivity index (χ3v) is 4.06. The van der Waals surface area contributed by atoms with Gasteiger partial charge in [0.15, 0.2) is 0 Å². The molecule has 0 aliphatic heterocycles. The van der Waals surface area contributed by atoms with Crippen LogP contribution in [0.15, 0.2) is 12.2 Å². The van der Waals surface area contributed by atoms with E-state index >= 15 is 0 Å². The van der Waals surface area contributed by atoms with Crippen LogP contribution < -0.4 is 0 Å². The highest BCUT2D eigenvalue weighted by Crippen LogP contribution is 2.47. The smallest absolute Gasteiger partial charge is 0.0972 e. The molecule has 0 aromatic rings. The largest absolute Gasteiger partial charge is 0.387 e. The molecule has 0 spiro atoms. The number of hydrogen-bond acceptors (Lipinski definition) is 2. The zero-order valence-corrected chi connectivity index (χ0v) is 9.67. The van der Waals surface area contributed by atoms with Gasteiger partial charge in [-0.25, -0.2) is 0 Å². The molecule has 15 heavy (non-hydrogen) atoms. The Kier molecular flexibility index (Phi) is 3.17. The van der Waals surface area contributed by atoms with E-state index in [1.165, 1.54) is 12.0 Å². The van der Waals surface area contributed by atoms with Crippen molar-refractivity contribution < 1.29 is 9.84 Å². The Bertz CT molecular complexity index is 249. The Morgan fingerprint density at radius 2 is 2.27 bits per heavy atom. The zero-order valence-electron chi connectivity index (χ0n) is 9.67. The maximum Gasteiger partial charge on any atom is 0.0972 e. The van der Waals surface area contributed by atoms with Crippen LogP contribution in [0, 0.1) is 5.92 Å². The maximum atomic E-state index is 10.8. The maximum absolute atomic E-state index is 10.8. The molecule has 2 aliphatic carbocycles. The summed E-state index contributed by atoms with van der Waals surface area (Å²) in [6.07, 6.45) is 6.36. The predicted octanol–water partition coefficient (Wildman–Crippen LogP) is 2.66. The average Bonchev–Trinajstić information content (AvgIpc) is 2.44. The van der Waals surface area contributed by atoms with Gasteiger partial charge in [0.1, 0.15) is 0 Å². The summed E-state index contributed by atoms with van der Waals surface area (Å²) in [6.45, 7) is 6.84. The predicted molar refractivity (Wildman–Crippen MR) is 60.7 cm³/mol. The first-order valence-corrected chi connectivity index (χ1v) is 6.20. The van der Waals surface area contributed by atoms with Crippen molar-refractivity contribution in [2.24, 2.45) is 5.92 Å². The lowest BCUT2D eigenvalue weighted by molar-refractivity contribution is -0.105. The van der Waals surface area contributed by atoms with Crippen LogP contribution >= 0.6 is 0 Å². The normalized spacial score (nSPS) is 41.3. The quantitative estimate of drug-likeness (QED) is 0.710. The fourth-order valence-corrected chi connectivity index (χ4v) is 3.30. The summed E-state index contributed by atoms with van der Waals surface area (Å²) in [5.41, 5.74) is 0.640. The third-order valence-electron chi connectivity index (χ3n) is 4.06. The minimum Gasteiger partial charge on any atom is -0.387 e. The second kappa shape index (κ2) is 4.26. The van der Waals surface area contributed by atoms with Crippen molar-refractivity contribution in [3.05, 3.63) is 12.2 Å². The SMILES string of the molecule is C=C1CCCC[C@]2(O)[C@@H]1CC[C@H]2OCC. The molecule has 2 saturated carbocycles. The zero-order chi connectivity index (χ0) is 10.9. The molecule has 86 valence electrons. The number of ether oxygens (including phenoxy) is 1. The summed E-state index contributed by atoms with van der Waals surface area (Å²) in [7, 11) is 0. The number of rotatable bonds is 2. The lowest BCUT2D eigenvalue weighted by Gasteiger charge is -2.34. The minimum atomic E-state index is -0.608. The number of hydrogen-bond donors (Lipinski definition) is 1. The van der Waals surface area contributed by atoms with Gasteiger partial charge in [-0.3, -0.25) is 0 Å². The highest BCUT2D eigenvalue weighted by Gasteiger charge is 2.50. The molecular formula is C13H22O2. The molecule has 2 nitrogen and oxygen atoms in total. The molecule has 2 aliphatic rings. The van der Waals surface area contributed by atoms with Crippen LogP contribution in [0.2, 0.25) is 0 Å². The van der Waals surface area contributed by atoms with Crippen LogP contribution in [0.3, 0.4) is 0 Å². The van der Waals surface area contributed by atoms with Gasteiger partial charge in [-0.15, -0.1) is 0 Å². The van der Waals surface area contributed by atoms with Crippen molar-refractivity contribution in [2.45, 2.75) is 57.2 Å². The van der Waals surface area contributed by atoms with Crippen LogP contribution in [-0.2, 0) is 4.74 Å². The fourth-order valence-electron chi connectivity index (χ4n) is 3.30. The van der Waals surface area contributed by atoms with Crippen LogP contribution in [0.1, 0.15) is 45.4 Å². The molecule has 0 saturated heterocycles. The molecule has 0 unspecified atom stereocenters. The van der Waals surface area contributed by atoms with E-state index in [0.29, 0.717) is 6.61 Å². The van der Waals surface area contributed by atoms with Gasteiger partial charge >= 0.3 is 0 Å². The van der Waals surface area contributed by atoms with E-state index in [0.717, 1.165) is 32.1 Å². The molecule has 3 atom stereocenters. The summed E-state index contributed by atoms with van der Waals surface area (Å²) in [6, 6.07) is 0. The first-order valence-electron chi connectivity index (χ1n) is 6.20. The Hall–Kier alpha value is -0.340. The van der Waals surface area contributed by atoms with E-state index in [-0.39, 0.29) is 12.0 Å². The van der Waals surface area contributed by atoms with E-state index in [9.17, 15) is 5.11 Å². The molecule has 0 radical (unpaired) electrons. The summed E-state index contributed by atoms with van der Waals surface area (Å²) >= 11 is 0. The lowest BCUT2D eigenvalue weighted by Crippen LogP contribution is -2.44. The van der Waals surface area contributed by atoms with Crippen LogP contribution in [0.4, 0.5) is 0 Å². The molecule has 0 amide bonds. The van der Waals surface area contributed by atoms with Gasteiger partial charge in [-0.05, 0) is 39.0 Å². The van der Waals surface area contributed by atoms with Gasteiger partial charge in [-0.2, -0.15) is 0 Å². The van der Waals surface area contributed by atoms with Crippen molar-refractivity contribution in [1.29, 1.82) is 0 Å². The van der Waals surface area contributed by atoms with Crippen molar-refractivity contribution in [3.8, 4) is 0 Å². The Morgan fingerprint density at radius 3 is 3.00 bits per heavy atom. The van der Waals surface area contributed by atoms with Crippen molar-refractivity contribution in [3.63, 3.8) is 0 Å². The first-order chi connectivity index (χ1) is 7.18. The monoisotopic (exact) mass is 210 g/mol. The van der Waals surface area contributed by atoms with Crippen molar-refractivity contribution in [2.75, 3.05) is 6.61 Å². The molecule has 0 aromatic heterocycles. The van der Waals surface area contributed by atoms with Gasteiger partial charge in [0.2, 0.25) is 0 Å². The molecule has 2 rings (SSSR count). The Labute approximate surface area is 92.3 Å². The number of fused-ring (bicyclic) bond motifs is 1. The van der Waals surface area contributed by atoms with E-state index < -0.39 is 5.60 Å². The van der Waals surface area contributed by atoms with E-state index in [2.05, 4.69) is 6.58 Å². The molecule has 0 aromatic carbocycles. The standard InChI is InChI=1S/C13H22O2/c1-3-15-12-8-7-11-10(2)6-4-5-9-13(11,12)14/h11-12,14H,2-9H2,1H3/t11-,12-,13+/m1/s1. The third kappa shape index (κ3) is 1.85. The van der Waals surface area contributed by atoms with E-state index in [4.69, 9.17) is 4.74 Å². The highest BCUT2D eigenvalue weighted by atomic mass is 16.5. The summed E-state index contributed by atoms with van der Waals surface area (Å²) < 4.78 is 5.69. The van der Waals surface area contributed by atoms with Crippen molar-refractivity contribution >= 4 is 0 Å². The molecule has 0 bridgehead atoms. The van der Waals surface area contributed by atoms with Crippen LogP contribution in [0.5, 0.6) is 0 Å². The summed E-state index contributed by atoms with van der Waals surface area (Å²) in [5, 5.41) is 10.8. The van der Waals surface area contributed by atoms with E-state index in [1.54, 1.807) is 0 Å². The molecule has 1 N–H and O–H groups in total. The minimum absolute atomic E-state index is 0.0438. The number of aliphatic hydroxyl groups is 1. The molecule has 2 fully saturated rings. The molecule has 0 heterocycles. The molecule has 2 heteroatoms. The molecular weight excluding hydrogens is 188 g/mol. The van der Waals surface area contributed by atoms with Crippen molar-refractivity contribution in [1.82, 2.24) is 0 Å². The summed E-state index contributed by atoms with van der Waals surface area (Å²) in [4.78, 5) is 0. The van der Waals surface area contributed by atoms with Crippen LogP contribution in [0.25, 0.3) is 0 Å². The Morgan fingerprint density at radius 1 is 1.47 bits per heavy atom. The lowest BCUT2D eigenvalue weighted by atomic mass is 9.83. The Balaban J connectivity index is 2.18. The van der Waals surface area contributed by atoms with E-state index in [1.807, 2.05) is 6.92 Å². The second-order valence-electron chi connectivity index (χ2n) is 4.93. The summed E-state index contributed by atoms with van der Waals surface area (Å²) in [5.74, 6) is 0.288. The van der Waals surface area contributed by atoms with Gasteiger partial charge in [0.25, 0.3) is 0 Å². The first kappa shape index (κ1) is 11.2. The van der Waals surface area contributed by atoms with Gasteiger partial charge in [0, 0.05) is 12.5 Å². The van der Waals surface area contributed by atoms with Gasteiger partial charge in [0.05, 0.1) is 11.7 Å². The van der Waals surface area contributed by atoms with Gasteiger partial charge < -0.3 is 9.84 Å². The topological polar surface area (TPSA) is 29.5 Å². The van der Waals surface area contributed by atoms with Gasteiger partial charge in [-0.1, -0.05) is 18.6 Å². The van der Waals surface area contributed by atoms with Crippen LogP contribution in [-0.4, -0.2) is 23.4 Å². The average molecular weight is 210 g/mol. The second-order valence-corrected chi connectivity index (χ2v) is 4.93. The highest BCUT2D eigenvalue weighted by molar-refractivity contribution is 5.16.